The highest BCUT2D eigenvalue weighted by Crippen LogP contribution is 2.31. The van der Waals surface area contributed by atoms with Crippen LogP contribution in [0.1, 0.15) is 23.2 Å². The maximum Gasteiger partial charge on any atom is 0.337 e. The Hall–Kier alpha value is -0.920. The van der Waals surface area contributed by atoms with Crippen molar-refractivity contribution in [2.24, 2.45) is 0 Å². The summed E-state index contributed by atoms with van der Waals surface area (Å²) in [5.74, 6) is -1.29. The van der Waals surface area contributed by atoms with Crippen LogP contribution >= 0.6 is 31.9 Å². The molecule has 3 N–H and O–H groups in total. The van der Waals surface area contributed by atoms with Gasteiger partial charge < -0.3 is 15.7 Å². The lowest BCUT2D eigenvalue weighted by Gasteiger charge is -2.14. The van der Waals surface area contributed by atoms with Crippen LogP contribution in [0.2, 0.25) is 0 Å². The van der Waals surface area contributed by atoms with Crippen molar-refractivity contribution in [3.05, 3.63) is 26.6 Å². The van der Waals surface area contributed by atoms with Gasteiger partial charge in [-0.1, -0.05) is 15.9 Å². The maximum absolute atomic E-state index is 12.0. The third-order valence-corrected chi connectivity index (χ3v) is 3.99. The summed E-state index contributed by atoms with van der Waals surface area (Å²) in [7, 11) is 0. The predicted molar refractivity (Wildman–Crippen MR) is 78.5 cm³/mol. The highest BCUT2D eigenvalue weighted by Gasteiger charge is 2.24. The summed E-state index contributed by atoms with van der Waals surface area (Å²) in [5.41, 5.74) is 0.335. The zero-order valence-corrected chi connectivity index (χ0v) is 13.0. The molecule has 0 saturated carbocycles. The third kappa shape index (κ3) is 3.34. The molecule has 1 amide bonds. The summed E-state index contributed by atoms with van der Waals surface area (Å²) >= 11 is 6.50. The van der Waals surface area contributed by atoms with Gasteiger partial charge in [-0.2, -0.15) is 0 Å². The average molecular weight is 392 g/mol. The van der Waals surface area contributed by atoms with Crippen LogP contribution in [0.5, 0.6) is 0 Å². The molecule has 1 saturated heterocycles. The first-order valence-corrected chi connectivity index (χ1v) is 7.34. The molecule has 0 bridgehead atoms. The Morgan fingerprint density at radius 1 is 1.37 bits per heavy atom. The number of carboxylic acids is 1. The van der Waals surface area contributed by atoms with E-state index in [0.717, 1.165) is 19.4 Å². The van der Waals surface area contributed by atoms with Crippen LogP contribution in [0.25, 0.3) is 0 Å². The van der Waals surface area contributed by atoms with Crippen molar-refractivity contribution in [2.75, 3.05) is 11.9 Å². The quantitative estimate of drug-likeness (QED) is 0.739. The van der Waals surface area contributed by atoms with E-state index in [9.17, 15) is 14.7 Å². The number of halogens is 2. The smallest absolute Gasteiger partial charge is 0.337 e. The minimum absolute atomic E-state index is 0.0487. The van der Waals surface area contributed by atoms with E-state index in [1.54, 1.807) is 6.07 Å². The Morgan fingerprint density at radius 2 is 2.11 bits per heavy atom. The van der Waals surface area contributed by atoms with Gasteiger partial charge >= 0.3 is 5.97 Å². The molecule has 0 unspecified atom stereocenters. The molecule has 1 aliphatic rings. The number of carbonyl (C=O) groups excluding carboxylic acids is 1. The summed E-state index contributed by atoms with van der Waals surface area (Å²) < 4.78 is 1.17. The van der Waals surface area contributed by atoms with Gasteiger partial charge in [0.25, 0.3) is 0 Å². The second-order valence-corrected chi connectivity index (χ2v) is 6.02. The molecule has 0 aliphatic carbocycles. The Kier molecular flexibility index (Phi) is 4.59. The Balaban J connectivity index is 2.28. The van der Waals surface area contributed by atoms with E-state index in [-0.39, 0.29) is 23.2 Å². The Morgan fingerprint density at radius 3 is 2.68 bits per heavy atom. The minimum Gasteiger partial charge on any atom is -0.478 e. The molecule has 19 heavy (non-hydrogen) atoms. The van der Waals surface area contributed by atoms with Crippen LogP contribution in [0.15, 0.2) is 21.1 Å². The number of carboxylic acid groups (broad SMARTS) is 1. The fourth-order valence-electron chi connectivity index (χ4n) is 1.99. The highest BCUT2D eigenvalue weighted by molar-refractivity contribution is 9.11. The standard InChI is InChI=1S/C12H12Br2N2O3/c13-6-4-7(12(18)19)10(8(14)5-6)16-11(17)9-2-1-3-15-9/h4-5,9,15H,1-3H2,(H,16,17)(H,18,19)/t9-/m0/s1. The summed E-state index contributed by atoms with van der Waals surface area (Å²) in [6.07, 6.45) is 1.72. The van der Waals surface area contributed by atoms with Gasteiger partial charge in [0, 0.05) is 8.95 Å². The molecule has 1 aromatic carbocycles. The van der Waals surface area contributed by atoms with E-state index in [0.29, 0.717) is 8.95 Å². The van der Waals surface area contributed by atoms with Crippen molar-refractivity contribution in [3.63, 3.8) is 0 Å². The first-order chi connectivity index (χ1) is 8.99. The summed E-state index contributed by atoms with van der Waals surface area (Å²) in [4.78, 5) is 23.2. The molecule has 0 spiro atoms. The van der Waals surface area contributed by atoms with Crippen molar-refractivity contribution >= 4 is 49.4 Å². The lowest BCUT2D eigenvalue weighted by molar-refractivity contribution is -0.117. The lowest BCUT2D eigenvalue weighted by Crippen LogP contribution is -2.36. The molecule has 1 aliphatic heterocycles. The molecule has 102 valence electrons. The van der Waals surface area contributed by atoms with Gasteiger partial charge in [0.2, 0.25) is 5.91 Å². The minimum atomic E-state index is -1.09. The molecule has 0 radical (unpaired) electrons. The van der Waals surface area contributed by atoms with E-state index in [4.69, 9.17) is 0 Å². The Bertz CT molecular complexity index is 528. The van der Waals surface area contributed by atoms with Gasteiger partial charge in [-0.05, 0) is 47.4 Å². The predicted octanol–water partition coefficient (Wildman–Crippen LogP) is 2.60. The number of benzene rings is 1. The molecule has 5 nitrogen and oxygen atoms in total. The maximum atomic E-state index is 12.0. The van der Waals surface area contributed by atoms with Gasteiger partial charge in [-0.25, -0.2) is 4.79 Å². The first-order valence-electron chi connectivity index (χ1n) is 5.75. The number of hydrogen-bond donors (Lipinski definition) is 3. The normalized spacial score (nSPS) is 18.3. The zero-order valence-electron chi connectivity index (χ0n) is 9.87. The van der Waals surface area contributed by atoms with E-state index in [1.807, 2.05) is 0 Å². The van der Waals surface area contributed by atoms with E-state index in [1.165, 1.54) is 6.07 Å². The van der Waals surface area contributed by atoms with Crippen molar-refractivity contribution in [3.8, 4) is 0 Å². The number of nitrogens with one attached hydrogen (secondary N) is 2. The second-order valence-electron chi connectivity index (χ2n) is 4.25. The van der Waals surface area contributed by atoms with Crippen molar-refractivity contribution in [1.29, 1.82) is 0 Å². The average Bonchev–Trinajstić information content (AvgIpc) is 2.85. The van der Waals surface area contributed by atoms with Gasteiger partial charge in [-0.15, -0.1) is 0 Å². The fourth-order valence-corrected chi connectivity index (χ4v) is 3.31. The van der Waals surface area contributed by atoms with E-state index in [2.05, 4.69) is 42.5 Å². The van der Waals surface area contributed by atoms with Crippen LogP contribution in [-0.4, -0.2) is 29.6 Å². The first kappa shape index (κ1) is 14.5. The van der Waals surface area contributed by atoms with Gasteiger partial charge in [0.05, 0.1) is 17.3 Å². The lowest BCUT2D eigenvalue weighted by atomic mass is 10.1. The van der Waals surface area contributed by atoms with Gasteiger partial charge in [-0.3, -0.25) is 4.79 Å². The molecular weight excluding hydrogens is 380 g/mol. The molecule has 7 heteroatoms. The van der Waals surface area contributed by atoms with Crippen molar-refractivity contribution in [2.45, 2.75) is 18.9 Å². The van der Waals surface area contributed by atoms with E-state index < -0.39 is 5.97 Å². The van der Waals surface area contributed by atoms with Crippen LogP contribution in [-0.2, 0) is 4.79 Å². The van der Waals surface area contributed by atoms with Crippen LogP contribution in [0.3, 0.4) is 0 Å². The fraction of sp³-hybridized carbons (Fsp3) is 0.333. The van der Waals surface area contributed by atoms with Crippen LogP contribution in [0.4, 0.5) is 5.69 Å². The largest absolute Gasteiger partial charge is 0.478 e. The van der Waals surface area contributed by atoms with E-state index >= 15 is 0 Å². The highest BCUT2D eigenvalue weighted by atomic mass is 79.9. The zero-order chi connectivity index (χ0) is 14.0. The number of hydrogen-bond acceptors (Lipinski definition) is 3. The molecule has 1 aromatic rings. The second kappa shape index (κ2) is 6.02. The molecule has 2 rings (SSSR count). The number of anilines is 1. The number of rotatable bonds is 3. The molecular formula is C12H12Br2N2O3. The molecule has 0 aromatic heterocycles. The number of amides is 1. The molecule has 1 atom stereocenters. The number of aromatic carboxylic acids is 1. The topological polar surface area (TPSA) is 78.4 Å². The van der Waals surface area contributed by atoms with Crippen molar-refractivity contribution in [1.82, 2.24) is 5.32 Å². The Labute approximate surface area is 127 Å². The summed E-state index contributed by atoms with van der Waals surface area (Å²) in [6, 6.07) is 2.91. The SMILES string of the molecule is O=C(O)c1cc(Br)cc(Br)c1NC(=O)[C@@H]1CCCN1. The third-order valence-electron chi connectivity index (χ3n) is 2.91. The molecule has 1 heterocycles. The van der Waals surface area contributed by atoms with Gasteiger partial charge in [0.15, 0.2) is 0 Å². The van der Waals surface area contributed by atoms with Crippen LogP contribution < -0.4 is 10.6 Å². The van der Waals surface area contributed by atoms with Crippen molar-refractivity contribution < 1.29 is 14.7 Å². The summed E-state index contributed by atoms with van der Waals surface area (Å²) in [6.45, 7) is 0.811. The molecule has 1 fully saturated rings. The monoisotopic (exact) mass is 390 g/mol. The number of carbonyl (C=O) groups is 2. The van der Waals surface area contributed by atoms with Crippen LogP contribution in [0, 0.1) is 0 Å². The summed E-state index contributed by atoms with van der Waals surface area (Å²) in [5, 5.41) is 14.9. The van der Waals surface area contributed by atoms with Gasteiger partial charge in [0.1, 0.15) is 0 Å².